The number of rotatable bonds is 4. The van der Waals surface area contributed by atoms with Crippen molar-refractivity contribution in [2.75, 3.05) is 19.3 Å². The molecular formula is C13H20N4O3S. The van der Waals surface area contributed by atoms with E-state index in [4.69, 9.17) is 0 Å². The summed E-state index contributed by atoms with van der Waals surface area (Å²) >= 11 is 0. The minimum Gasteiger partial charge on any atom is -0.333 e. The Morgan fingerprint density at radius 3 is 2.76 bits per heavy atom. The van der Waals surface area contributed by atoms with Crippen molar-refractivity contribution in [3.63, 3.8) is 0 Å². The molecule has 8 heteroatoms. The first-order valence-electron chi connectivity index (χ1n) is 6.91. The monoisotopic (exact) mass is 312 g/mol. The van der Waals surface area contributed by atoms with Crippen molar-refractivity contribution in [1.29, 1.82) is 0 Å². The third kappa shape index (κ3) is 4.47. The Hall–Kier alpha value is -1.54. The van der Waals surface area contributed by atoms with E-state index in [1.165, 1.54) is 6.20 Å². The molecule has 0 unspecified atom stereocenters. The van der Waals surface area contributed by atoms with Gasteiger partial charge in [-0.3, -0.25) is 9.78 Å². The lowest BCUT2D eigenvalue weighted by molar-refractivity contribution is 0.0612. The number of hydrogen-bond acceptors (Lipinski definition) is 5. The Labute approximate surface area is 124 Å². The quantitative estimate of drug-likeness (QED) is 0.865. The van der Waals surface area contributed by atoms with Gasteiger partial charge in [-0.1, -0.05) is 0 Å². The van der Waals surface area contributed by atoms with Crippen LogP contribution in [0, 0.1) is 6.92 Å². The Morgan fingerprint density at radius 2 is 2.14 bits per heavy atom. The van der Waals surface area contributed by atoms with Crippen LogP contribution in [0.5, 0.6) is 0 Å². The molecule has 0 radical (unpaired) electrons. The number of aromatic nitrogens is 2. The molecule has 2 heterocycles. The van der Waals surface area contributed by atoms with Crippen molar-refractivity contribution in [3.8, 4) is 0 Å². The number of hydrogen-bond donors (Lipinski definition) is 1. The van der Waals surface area contributed by atoms with E-state index in [-0.39, 0.29) is 18.5 Å². The van der Waals surface area contributed by atoms with E-state index >= 15 is 0 Å². The zero-order valence-corrected chi connectivity index (χ0v) is 13.1. The van der Waals surface area contributed by atoms with Crippen molar-refractivity contribution in [2.45, 2.75) is 32.2 Å². The van der Waals surface area contributed by atoms with E-state index in [2.05, 4.69) is 14.7 Å². The first kappa shape index (κ1) is 15.8. The van der Waals surface area contributed by atoms with Crippen molar-refractivity contribution in [3.05, 3.63) is 23.8 Å². The number of likely N-dealkylation sites (tertiary alicyclic amines) is 1. The highest BCUT2D eigenvalue weighted by Crippen LogP contribution is 2.18. The molecule has 1 aromatic rings. The maximum Gasteiger partial charge on any atom is 0.274 e. The molecule has 1 aliphatic rings. The van der Waals surface area contributed by atoms with Crippen molar-refractivity contribution >= 4 is 15.9 Å². The van der Waals surface area contributed by atoms with Crippen LogP contribution in [-0.2, 0) is 10.0 Å². The molecule has 116 valence electrons. The number of nitrogens with zero attached hydrogens (tertiary/aromatic N) is 3. The predicted molar refractivity (Wildman–Crippen MR) is 78.3 cm³/mol. The van der Waals surface area contributed by atoms with Gasteiger partial charge in [-0.05, 0) is 26.2 Å². The number of amides is 1. The number of aryl methyl sites for hydroxylation is 1. The molecule has 1 aliphatic heterocycles. The number of nitrogens with one attached hydrogen (secondary N) is 1. The van der Waals surface area contributed by atoms with Gasteiger partial charge in [0.1, 0.15) is 5.69 Å². The summed E-state index contributed by atoms with van der Waals surface area (Å²) in [7, 11) is -3.26. The van der Waals surface area contributed by atoms with Gasteiger partial charge < -0.3 is 4.90 Å². The summed E-state index contributed by atoms with van der Waals surface area (Å²) < 4.78 is 24.9. The third-order valence-electron chi connectivity index (χ3n) is 3.47. The maximum absolute atomic E-state index is 12.5. The minimum atomic E-state index is -3.26. The molecule has 1 fully saturated rings. The fourth-order valence-electron chi connectivity index (χ4n) is 2.38. The molecule has 0 bridgehead atoms. The molecule has 0 aliphatic carbocycles. The normalized spacial score (nSPS) is 19.5. The molecule has 1 amide bonds. The van der Waals surface area contributed by atoms with Crippen molar-refractivity contribution in [2.24, 2.45) is 0 Å². The molecule has 1 aromatic heterocycles. The van der Waals surface area contributed by atoms with E-state index in [0.29, 0.717) is 12.2 Å². The highest BCUT2D eigenvalue weighted by molar-refractivity contribution is 7.88. The molecule has 1 N–H and O–H groups in total. The Kier molecular flexibility index (Phi) is 4.89. The van der Waals surface area contributed by atoms with Gasteiger partial charge in [0.05, 0.1) is 18.1 Å². The summed E-state index contributed by atoms with van der Waals surface area (Å²) in [5.41, 5.74) is 1.05. The average Bonchev–Trinajstić information content (AvgIpc) is 2.45. The van der Waals surface area contributed by atoms with Crippen molar-refractivity contribution in [1.82, 2.24) is 19.6 Å². The van der Waals surface area contributed by atoms with Crippen molar-refractivity contribution < 1.29 is 13.2 Å². The highest BCUT2D eigenvalue weighted by Gasteiger charge is 2.28. The largest absolute Gasteiger partial charge is 0.333 e. The number of carbonyl (C=O) groups excluding carboxylic acids is 1. The molecule has 1 saturated heterocycles. The lowest BCUT2D eigenvalue weighted by Gasteiger charge is -2.35. The van der Waals surface area contributed by atoms with Gasteiger partial charge in [0.25, 0.3) is 5.91 Å². The lowest BCUT2D eigenvalue weighted by atomic mass is 10.0. The Balaban J connectivity index is 2.10. The van der Waals surface area contributed by atoms with E-state index in [0.717, 1.165) is 31.2 Å². The van der Waals surface area contributed by atoms with Crippen LogP contribution < -0.4 is 4.72 Å². The van der Waals surface area contributed by atoms with Crippen LogP contribution in [-0.4, -0.2) is 54.6 Å². The molecule has 1 atom stereocenters. The molecule has 2 rings (SSSR count). The van der Waals surface area contributed by atoms with Gasteiger partial charge >= 0.3 is 0 Å². The summed E-state index contributed by atoms with van der Waals surface area (Å²) in [5, 5.41) is 0. The van der Waals surface area contributed by atoms with E-state index in [9.17, 15) is 13.2 Å². The van der Waals surface area contributed by atoms with Gasteiger partial charge in [0.2, 0.25) is 10.0 Å². The molecule has 7 nitrogen and oxygen atoms in total. The number of piperidine rings is 1. The number of carbonyl (C=O) groups is 1. The van der Waals surface area contributed by atoms with Crippen LogP contribution in [0.1, 0.15) is 35.4 Å². The van der Waals surface area contributed by atoms with Gasteiger partial charge in [-0.2, -0.15) is 0 Å². The van der Waals surface area contributed by atoms with Gasteiger partial charge in [0.15, 0.2) is 0 Å². The lowest BCUT2D eigenvalue weighted by Crippen LogP contribution is -2.49. The van der Waals surface area contributed by atoms with Crippen LogP contribution in [0.4, 0.5) is 0 Å². The fraction of sp³-hybridized carbons (Fsp3) is 0.615. The van der Waals surface area contributed by atoms with Crippen LogP contribution in [0.2, 0.25) is 0 Å². The van der Waals surface area contributed by atoms with E-state index in [1.807, 2.05) is 0 Å². The molecule has 21 heavy (non-hydrogen) atoms. The first-order chi connectivity index (χ1) is 9.87. The van der Waals surface area contributed by atoms with Gasteiger partial charge in [-0.15, -0.1) is 0 Å². The Bertz CT molecular complexity index is 600. The Morgan fingerprint density at radius 1 is 1.38 bits per heavy atom. The van der Waals surface area contributed by atoms with Crippen LogP contribution in [0.15, 0.2) is 12.4 Å². The van der Waals surface area contributed by atoms with E-state index < -0.39 is 10.0 Å². The van der Waals surface area contributed by atoms with Crippen LogP contribution in [0.3, 0.4) is 0 Å². The molecular weight excluding hydrogens is 292 g/mol. The maximum atomic E-state index is 12.5. The van der Waals surface area contributed by atoms with Gasteiger partial charge in [-0.25, -0.2) is 18.1 Å². The zero-order valence-electron chi connectivity index (χ0n) is 12.2. The summed E-state index contributed by atoms with van der Waals surface area (Å²) in [6, 6.07) is -0.135. The van der Waals surface area contributed by atoms with Gasteiger partial charge in [0, 0.05) is 25.3 Å². The summed E-state index contributed by atoms with van der Waals surface area (Å²) in [6.45, 7) is 2.66. The summed E-state index contributed by atoms with van der Waals surface area (Å²) in [5.74, 6) is -0.192. The number of sulfonamides is 1. The first-order valence-corrected chi connectivity index (χ1v) is 8.80. The predicted octanol–water partition coefficient (Wildman–Crippen LogP) is 0.329. The second-order valence-corrected chi connectivity index (χ2v) is 7.14. The second-order valence-electron chi connectivity index (χ2n) is 5.31. The summed E-state index contributed by atoms with van der Waals surface area (Å²) in [4.78, 5) is 22.4. The SMILES string of the molecule is Cc1cnc(C(=O)N2CCCC[C@@H]2CNS(C)(=O)=O)cn1. The smallest absolute Gasteiger partial charge is 0.274 e. The molecule has 0 aromatic carbocycles. The second kappa shape index (κ2) is 6.48. The fourth-order valence-corrected chi connectivity index (χ4v) is 2.87. The average molecular weight is 312 g/mol. The van der Waals surface area contributed by atoms with Crippen LogP contribution in [0.25, 0.3) is 0 Å². The minimum absolute atomic E-state index is 0.135. The van der Waals surface area contributed by atoms with Crippen LogP contribution >= 0.6 is 0 Å². The third-order valence-corrected chi connectivity index (χ3v) is 4.16. The topological polar surface area (TPSA) is 92.3 Å². The van der Waals surface area contributed by atoms with E-state index in [1.54, 1.807) is 18.0 Å². The molecule has 0 saturated carbocycles. The standard InChI is InChI=1S/C13H20N4O3S/c1-10-7-15-12(9-14-10)13(18)17-6-4-3-5-11(17)8-16-21(2,19)20/h7,9,11,16H,3-6,8H2,1-2H3/t11-/m1/s1. The molecule has 0 spiro atoms. The zero-order chi connectivity index (χ0) is 15.5. The highest BCUT2D eigenvalue weighted by atomic mass is 32.2. The summed E-state index contributed by atoms with van der Waals surface area (Å²) in [6.07, 6.45) is 6.83.